The van der Waals surface area contributed by atoms with Crippen LogP contribution in [0.25, 0.3) is 0 Å². The van der Waals surface area contributed by atoms with Crippen molar-refractivity contribution >= 4 is 11.8 Å². The average Bonchev–Trinajstić information content (AvgIpc) is 2.43. The van der Waals surface area contributed by atoms with Crippen molar-refractivity contribution in [2.24, 2.45) is 5.84 Å². The third-order valence-electron chi connectivity index (χ3n) is 4.08. The summed E-state index contributed by atoms with van der Waals surface area (Å²) >= 11 is 2.12. The summed E-state index contributed by atoms with van der Waals surface area (Å²) in [5.41, 5.74) is 7.09. The van der Waals surface area contributed by atoms with Crippen molar-refractivity contribution in [1.82, 2.24) is 5.43 Å². The molecule has 0 bridgehead atoms. The first kappa shape index (κ1) is 15.9. The number of nitrogens with one attached hydrogen (secondary N) is 1. The van der Waals surface area contributed by atoms with Gasteiger partial charge in [0, 0.05) is 17.0 Å². The number of benzene rings is 1. The molecule has 1 fully saturated rings. The van der Waals surface area contributed by atoms with E-state index in [4.69, 9.17) is 5.84 Å². The number of hydrogen-bond donors (Lipinski definition) is 2. The lowest BCUT2D eigenvalue weighted by Gasteiger charge is -2.24. The van der Waals surface area contributed by atoms with E-state index in [0.717, 1.165) is 17.4 Å². The van der Waals surface area contributed by atoms with E-state index in [1.165, 1.54) is 48.8 Å². The van der Waals surface area contributed by atoms with Crippen LogP contribution in [0.1, 0.15) is 48.8 Å². The molecule has 2 rings (SSSR count). The van der Waals surface area contributed by atoms with Crippen molar-refractivity contribution < 1.29 is 0 Å². The first-order chi connectivity index (χ1) is 9.67. The predicted molar refractivity (Wildman–Crippen MR) is 90.1 cm³/mol. The fourth-order valence-electron chi connectivity index (χ4n) is 3.12. The summed E-state index contributed by atoms with van der Waals surface area (Å²) in [5, 5.41) is 0.860. The molecular weight excluding hydrogens is 264 g/mol. The van der Waals surface area contributed by atoms with Crippen molar-refractivity contribution in [3.8, 4) is 0 Å². The Labute approximate surface area is 127 Å². The van der Waals surface area contributed by atoms with E-state index >= 15 is 0 Å². The zero-order valence-corrected chi connectivity index (χ0v) is 13.6. The Hall–Kier alpha value is -0.510. The quantitative estimate of drug-likeness (QED) is 0.619. The predicted octanol–water partition coefficient (Wildman–Crippen LogP) is 3.74. The number of hydrogen-bond acceptors (Lipinski definition) is 3. The number of rotatable bonds is 6. The summed E-state index contributed by atoms with van der Waals surface area (Å²) in [6.45, 7) is 4.33. The Bertz CT molecular complexity index is 393. The van der Waals surface area contributed by atoms with E-state index < -0.39 is 0 Å². The topological polar surface area (TPSA) is 38.0 Å². The molecule has 3 heteroatoms. The molecule has 1 aliphatic rings. The number of thioether (sulfide) groups is 1. The van der Waals surface area contributed by atoms with Gasteiger partial charge in [0.2, 0.25) is 0 Å². The maximum absolute atomic E-state index is 5.75. The molecule has 1 aliphatic carbocycles. The van der Waals surface area contributed by atoms with Crippen LogP contribution in [0.2, 0.25) is 0 Å². The largest absolute Gasteiger partial charge is 0.271 e. The van der Waals surface area contributed by atoms with E-state index in [1.54, 1.807) is 0 Å². The summed E-state index contributed by atoms with van der Waals surface area (Å²) in [5.74, 6) is 6.87. The Kier molecular flexibility index (Phi) is 6.40. The summed E-state index contributed by atoms with van der Waals surface area (Å²) in [4.78, 5) is 0. The highest BCUT2D eigenvalue weighted by molar-refractivity contribution is 7.99. The van der Waals surface area contributed by atoms with E-state index in [0.29, 0.717) is 6.04 Å². The SMILES string of the molecule is Cc1cc(C)cc(CC(CSC2CCCCC2)NN)c1. The molecule has 20 heavy (non-hydrogen) atoms. The molecule has 0 heterocycles. The second-order valence-corrected chi connectivity index (χ2v) is 7.49. The van der Waals surface area contributed by atoms with Gasteiger partial charge in [0.05, 0.1) is 0 Å². The van der Waals surface area contributed by atoms with Crippen LogP contribution >= 0.6 is 11.8 Å². The minimum absolute atomic E-state index is 0.378. The molecule has 1 aromatic rings. The van der Waals surface area contributed by atoms with Crippen LogP contribution in [-0.4, -0.2) is 17.0 Å². The first-order valence-corrected chi connectivity index (χ1v) is 8.87. The molecule has 1 aromatic carbocycles. The molecular formula is C17H28N2S. The smallest absolute Gasteiger partial charge is 0.0341 e. The van der Waals surface area contributed by atoms with E-state index in [2.05, 4.69) is 49.2 Å². The number of aryl methyl sites for hydroxylation is 2. The Balaban J connectivity index is 1.84. The fourth-order valence-corrected chi connectivity index (χ4v) is 4.51. The maximum atomic E-state index is 5.75. The van der Waals surface area contributed by atoms with Crippen LogP contribution in [0.5, 0.6) is 0 Å². The third kappa shape index (κ3) is 5.12. The molecule has 112 valence electrons. The van der Waals surface area contributed by atoms with Gasteiger partial charge in [0.15, 0.2) is 0 Å². The van der Waals surface area contributed by atoms with Crippen molar-refractivity contribution in [3.63, 3.8) is 0 Å². The molecule has 0 amide bonds. The summed E-state index contributed by atoms with van der Waals surface area (Å²) in [6.07, 6.45) is 8.07. The Morgan fingerprint density at radius 1 is 1.15 bits per heavy atom. The van der Waals surface area contributed by atoms with Gasteiger partial charge in [-0.1, -0.05) is 48.6 Å². The minimum atomic E-state index is 0.378. The normalized spacial score (nSPS) is 18.1. The molecule has 0 radical (unpaired) electrons. The van der Waals surface area contributed by atoms with E-state index in [1.807, 2.05) is 0 Å². The van der Waals surface area contributed by atoms with E-state index in [-0.39, 0.29) is 0 Å². The van der Waals surface area contributed by atoms with E-state index in [9.17, 15) is 0 Å². The van der Waals surface area contributed by atoms with Gasteiger partial charge < -0.3 is 0 Å². The third-order valence-corrected chi connectivity index (χ3v) is 5.62. The van der Waals surface area contributed by atoms with Crippen LogP contribution in [0, 0.1) is 13.8 Å². The van der Waals surface area contributed by atoms with Crippen LogP contribution in [0.4, 0.5) is 0 Å². The highest BCUT2D eigenvalue weighted by atomic mass is 32.2. The van der Waals surface area contributed by atoms with Crippen LogP contribution in [-0.2, 0) is 6.42 Å². The lowest BCUT2D eigenvalue weighted by atomic mass is 10.0. The van der Waals surface area contributed by atoms with Crippen molar-refractivity contribution in [1.29, 1.82) is 0 Å². The molecule has 2 nitrogen and oxygen atoms in total. The summed E-state index contributed by atoms with van der Waals surface area (Å²) in [6, 6.07) is 7.17. The zero-order valence-electron chi connectivity index (χ0n) is 12.8. The second kappa shape index (κ2) is 8.06. The van der Waals surface area contributed by atoms with Gasteiger partial charge in [0.1, 0.15) is 0 Å². The maximum Gasteiger partial charge on any atom is 0.0341 e. The molecule has 0 aromatic heterocycles. The van der Waals surface area contributed by atoms with Gasteiger partial charge in [-0.15, -0.1) is 0 Å². The van der Waals surface area contributed by atoms with Crippen LogP contribution in [0.15, 0.2) is 18.2 Å². The van der Waals surface area contributed by atoms with Gasteiger partial charge in [-0.2, -0.15) is 11.8 Å². The molecule has 0 saturated heterocycles. The molecule has 1 atom stereocenters. The first-order valence-electron chi connectivity index (χ1n) is 7.82. The molecule has 1 unspecified atom stereocenters. The summed E-state index contributed by atoms with van der Waals surface area (Å²) < 4.78 is 0. The van der Waals surface area contributed by atoms with Crippen molar-refractivity contribution in [2.75, 3.05) is 5.75 Å². The molecule has 3 N–H and O–H groups in total. The van der Waals surface area contributed by atoms with Crippen LogP contribution in [0.3, 0.4) is 0 Å². The van der Waals surface area contributed by atoms with Crippen LogP contribution < -0.4 is 11.3 Å². The average molecular weight is 292 g/mol. The lowest BCUT2D eigenvalue weighted by molar-refractivity contribution is 0.513. The minimum Gasteiger partial charge on any atom is -0.271 e. The number of nitrogens with two attached hydrogens (primary N) is 1. The van der Waals surface area contributed by atoms with Crippen molar-refractivity contribution in [3.05, 3.63) is 34.9 Å². The molecule has 0 spiro atoms. The van der Waals surface area contributed by atoms with Crippen molar-refractivity contribution in [2.45, 2.75) is 63.7 Å². The number of hydrazine groups is 1. The standard InChI is InChI=1S/C17H28N2S/c1-13-8-14(2)10-15(9-13)11-16(19-18)12-20-17-6-4-3-5-7-17/h8-10,16-17,19H,3-7,11-12,18H2,1-2H3. The zero-order chi connectivity index (χ0) is 14.4. The highest BCUT2D eigenvalue weighted by Crippen LogP contribution is 2.28. The van der Waals surface area contributed by atoms with Gasteiger partial charge in [-0.25, -0.2) is 0 Å². The lowest BCUT2D eigenvalue weighted by Crippen LogP contribution is -2.39. The summed E-state index contributed by atoms with van der Waals surface area (Å²) in [7, 11) is 0. The van der Waals surface area contributed by atoms with Gasteiger partial charge in [-0.05, 0) is 38.7 Å². The highest BCUT2D eigenvalue weighted by Gasteiger charge is 2.16. The molecule has 1 saturated carbocycles. The van der Waals surface area contributed by atoms with Gasteiger partial charge in [-0.3, -0.25) is 11.3 Å². The molecule has 0 aliphatic heterocycles. The van der Waals surface area contributed by atoms with Gasteiger partial charge >= 0.3 is 0 Å². The second-order valence-electron chi connectivity index (χ2n) is 6.16. The Morgan fingerprint density at radius 2 is 1.80 bits per heavy atom. The monoisotopic (exact) mass is 292 g/mol. The van der Waals surface area contributed by atoms with Gasteiger partial charge in [0.25, 0.3) is 0 Å². The fraction of sp³-hybridized carbons (Fsp3) is 0.647. The Morgan fingerprint density at radius 3 is 2.40 bits per heavy atom.